The largest absolute Gasteiger partial charge is 0.344 e. The average molecular weight is 268 g/mol. The summed E-state index contributed by atoms with van der Waals surface area (Å²) < 4.78 is 22.5. The summed E-state index contributed by atoms with van der Waals surface area (Å²) in [5, 5.41) is 0. The molecule has 9 heavy (non-hydrogen) atoms. The molecule has 0 aromatic heterocycles. The third-order valence-electron chi connectivity index (χ3n) is 0.358. The smallest absolute Gasteiger partial charge is 0.303 e. The van der Waals surface area contributed by atoms with Gasteiger partial charge in [0.1, 0.15) is 6.23 Å². The van der Waals surface area contributed by atoms with Crippen LogP contribution in [0.5, 0.6) is 0 Å². The first kappa shape index (κ1) is 12.4. The van der Waals surface area contributed by atoms with Crippen LogP contribution in [0.15, 0.2) is 0 Å². The molecular weight excluding hydrogens is 259 g/mol. The lowest BCUT2D eigenvalue weighted by Gasteiger charge is -2.02. The van der Waals surface area contributed by atoms with Crippen LogP contribution in [0.2, 0.25) is 0 Å². The first-order chi connectivity index (χ1) is 3.66. The molecule has 0 amide bonds. The van der Waals surface area contributed by atoms with Gasteiger partial charge < -0.3 is 11.9 Å². The van der Waals surface area contributed by atoms with E-state index in [2.05, 4.69) is 4.18 Å². The standard InChI is InChI=1S/C2H6INO3S.H3N/c3-1-2(4)7-8(5)6;/h2H,1,4H2,(H,5,6);1H3. The second-order valence-corrected chi connectivity index (χ2v) is 2.51. The highest BCUT2D eigenvalue weighted by Gasteiger charge is 2.01. The Morgan fingerprint density at radius 3 is 2.44 bits per heavy atom. The molecular formula is C2H9IN2O3S. The summed E-state index contributed by atoms with van der Waals surface area (Å²) in [7, 11) is 0. The van der Waals surface area contributed by atoms with Crippen molar-refractivity contribution in [3.8, 4) is 0 Å². The van der Waals surface area contributed by atoms with Gasteiger partial charge in [-0.25, -0.2) is 4.18 Å². The fraction of sp³-hybridized carbons (Fsp3) is 1.00. The van der Waals surface area contributed by atoms with Crippen LogP contribution >= 0.6 is 22.6 Å². The Kier molecular flexibility index (Phi) is 9.42. The molecule has 0 aliphatic rings. The van der Waals surface area contributed by atoms with Gasteiger partial charge in [0, 0.05) is 4.43 Å². The molecule has 2 atom stereocenters. The molecule has 0 radical (unpaired) electrons. The summed E-state index contributed by atoms with van der Waals surface area (Å²) in [6, 6.07) is 0. The molecule has 2 unspecified atom stereocenters. The predicted molar refractivity (Wildman–Crippen MR) is 43.7 cm³/mol. The maximum atomic E-state index is 9.77. The van der Waals surface area contributed by atoms with Gasteiger partial charge in [0.25, 0.3) is 0 Å². The lowest BCUT2D eigenvalue weighted by atomic mass is 10.7. The number of hydrogen-bond acceptors (Lipinski definition) is 4. The topological polar surface area (TPSA) is 108 Å². The van der Waals surface area contributed by atoms with Crippen molar-refractivity contribution in [1.82, 2.24) is 6.15 Å². The van der Waals surface area contributed by atoms with E-state index in [0.717, 1.165) is 0 Å². The van der Waals surface area contributed by atoms with E-state index < -0.39 is 17.6 Å². The van der Waals surface area contributed by atoms with E-state index in [4.69, 9.17) is 10.3 Å². The Hall–Kier alpha value is 0.720. The molecule has 0 spiro atoms. The summed E-state index contributed by atoms with van der Waals surface area (Å²) in [5.41, 5.74) is 5.09. The normalized spacial score (nSPS) is 15.9. The van der Waals surface area contributed by atoms with Crippen molar-refractivity contribution in [2.75, 3.05) is 4.43 Å². The molecule has 0 bridgehead atoms. The summed E-state index contributed by atoms with van der Waals surface area (Å²) in [4.78, 5) is 0. The van der Waals surface area contributed by atoms with Crippen LogP contribution < -0.4 is 11.9 Å². The molecule has 0 rings (SSSR count). The van der Waals surface area contributed by atoms with E-state index in [1.54, 1.807) is 0 Å². The third kappa shape index (κ3) is 8.72. The number of alkyl halides is 1. The molecule has 5 nitrogen and oxygen atoms in total. The van der Waals surface area contributed by atoms with Crippen molar-refractivity contribution in [1.29, 1.82) is 0 Å². The van der Waals surface area contributed by atoms with E-state index in [1.807, 2.05) is 22.6 Å². The molecule has 0 fully saturated rings. The number of rotatable bonds is 3. The van der Waals surface area contributed by atoms with Gasteiger partial charge in [-0.15, -0.1) is 0 Å². The predicted octanol–water partition coefficient (Wildman–Crippen LogP) is 0.0215. The number of hydrogen-bond donors (Lipinski definition) is 3. The molecule has 6 N–H and O–H groups in total. The van der Waals surface area contributed by atoms with Crippen LogP contribution in [0.3, 0.4) is 0 Å². The molecule has 0 aromatic rings. The van der Waals surface area contributed by atoms with E-state index in [1.165, 1.54) is 0 Å². The molecule has 0 aliphatic carbocycles. The van der Waals surface area contributed by atoms with Crippen LogP contribution in [-0.4, -0.2) is 19.4 Å². The van der Waals surface area contributed by atoms with Crippen molar-refractivity contribution >= 4 is 34.0 Å². The minimum atomic E-state index is -2.23. The average Bonchev–Trinajstić information content (AvgIpc) is 1.65. The molecule has 0 saturated carbocycles. The van der Waals surface area contributed by atoms with Crippen molar-refractivity contribution in [3.05, 3.63) is 0 Å². The van der Waals surface area contributed by atoms with Crippen molar-refractivity contribution in [3.63, 3.8) is 0 Å². The highest BCUT2D eigenvalue weighted by atomic mass is 127. The van der Waals surface area contributed by atoms with Crippen LogP contribution in [0, 0.1) is 0 Å². The molecule has 0 aromatic carbocycles. The lowest BCUT2D eigenvalue weighted by molar-refractivity contribution is 0.237. The molecule has 0 heterocycles. The second-order valence-electron chi connectivity index (χ2n) is 1.01. The van der Waals surface area contributed by atoms with Crippen molar-refractivity contribution in [2.24, 2.45) is 5.73 Å². The Labute approximate surface area is 69.5 Å². The van der Waals surface area contributed by atoms with E-state index >= 15 is 0 Å². The van der Waals surface area contributed by atoms with Gasteiger partial charge in [0.15, 0.2) is 0 Å². The van der Waals surface area contributed by atoms with Crippen molar-refractivity contribution in [2.45, 2.75) is 6.23 Å². The van der Waals surface area contributed by atoms with Gasteiger partial charge in [-0.05, 0) is 0 Å². The molecule has 0 saturated heterocycles. The van der Waals surface area contributed by atoms with Gasteiger partial charge in [-0.1, -0.05) is 22.6 Å². The van der Waals surface area contributed by atoms with Gasteiger partial charge in [-0.3, -0.25) is 4.55 Å². The summed E-state index contributed by atoms with van der Waals surface area (Å²) >= 11 is -0.274. The zero-order chi connectivity index (χ0) is 6.57. The lowest BCUT2D eigenvalue weighted by Crippen LogP contribution is -2.25. The van der Waals surface area contributed by atoms with Crippen LogP contribution in [0.1, 0.15) is 0 Å². The zero-order valence-electron chi connectivity index (χ0n) is 4.62. The quantitative estimate of drug-likeness (QED) is 0.289. The van der Waals surface area contributed by atoms with Crippen LogP contribution in [0.4, 0.5) is 0 Å². The van der Waals surface area contributed by atoms with E-state index in [-0.39, 0.29) is 6.15 Å². The Morgan fingerprint density at radius 1 is 1.89 bits per heavy atom. The molecule has 58 valence electrons. The molecule has 7 heteroatoms. The van der Waals surface area contributed by atoms with Crippen LogP contribution in [-0.2, 0) is 15.5 Å². The monoisotopic (exact) mass is 268 g/mol. The Bertz CT molecular complexity index is 91.9. The highest BCUT2D eigenvalue weighted by molar-refractivity contribution is 14.1. The summed E-state index contributed by atoms with van der Waals surface area (Å²) in [5.74, 6) is 0. The maximum absolute atomic E-state index is 9.77. The SMILES string of the molecule is N.NC(CI)OS(=O)O. The van der Waals surface area contributed by atoms with Gasteiger partial charge in [-0.2, -0.15) is 4.21 Å². The molecule has 0 aliphatic heterocycles. The summed E-state index contributed by atoms with van der Waals surface area (Å²) in [6.45, 7) is 0. The highest BCUT2D eigenvalue weighted by Crippen LogP contribution is 1.90. The summed E-state index contributed by atoms with van der Waals surface area (Å²) in [6.07, 6.45) is -0.638. The third-order valence-corrected chi connectivity index (χ3v) is 1.64. The minimum absolute atomic E-state index is 0. The van der Waals surface area contributed by atoms with E-state index in [0.29, 0.717) is 4.43 Å². The van der Waals surface area contributed by atoms with E-state index in [9.17, 15) is 4.21 Å². The van der Waals surface area contributed by atoms with Crippen molar-refractivity contribution < 1.29 is 12.9 Å². The fourth-order valence-corrected chi connectivity index (χ4v) is 0.835. The number of halogens is 1. The van der Waals surface area contributed by atoms with Gasteiger partial charge in [0.05, 0.1) is 0 Å². The second kappa shape index (κ2) is 6.83. The first-order valence-electron chi connectivity index (χ1n) is 1.76. The van der Waals surface area contributed by atoms with Gasteiger partial charge in [0.2, 0.25) is 0 Å². The van der Waals surface area contributed by atoms with Gasteiger partial charge >= 0.3 is 11.4 Å². The first-order valence-corrected chi connectivity index (χ1v) is 4.32. The Morgan fingerprint density at radius 2 is 2.33 bits per heavy atom. The zero-order valence-corrected chi connectivity index (χ0v) is 7.59. The maximum Gasteiger partial charge on any atom is 0.303 e. The number of nitrogens with two attached hydrogens (primary N) is 1. The Balaban J connectivity index is 0. The minimum Gasteiger partial charge on any atom is -0.344 e. The fourth-order valence-electron chi connectivity index (χ4n) is 0.131. The van der Waals surface area contributed by atoms with Crippen LogP contribution in [0.25, 0.3) is 0 Å².